The van der Waals surface area contributed by atoms with Crippen LogP contribution in [0.15, 0.2) is 35.0 Å². The van der Waals surface area contributed by atoms with Gasteiger partial charge in [0.25, 0.3) is 0 Å². The fraction of sp³-hybridized carbons (Fsp3) is 0.692. The van der Waals surface area contributed by atoms with E-state index in [0.29, 0.717) is 0 Å². The molecule has 0 aromatic carbocycles. The number of thiophene rings is 4. The number of unbranched alkanes of at least 4 members (excludes halogenated alkanes) is 4. The van der Waals surface area contributed by atoms with Crippen molar-refractivity contribution in [3.05, 3.63) is 39.9 Å². The molecular weight excluding hydrogens is 928 g/mol. The Kier molecular flexibility index (Phi) is 19.8. The van der Waals surface area contributed by atoms with Gasteiger partial charge >= 0.3 is 214 Å². The van der Waals surface area contributed by atoms with Crippen LogP contribution in [0.2, 0.25) is 39.0 Å². The summed E-state index contributed by atoms with van der Waals surface area (Å²) >= 11 is 6.29. The number of hydrogen-bond donors (Lipinski definition) is 0. The molecule has 6 heterocycles. The molecule has 0 aliphatic carbocycles. The number of hydrogen-bond acceptors (Lipinski definition) is 4. The van der Waals surface area contributed by atoms with E-state index in [-0.39, 0.29) is 0 Å². The van der Waals surface area contributed by atoms with Crippen LogP contribution in [0.25, 0.3) is 19.5 Å². The first kappa shape index (κ1) is 50.0. The molecule has 59 heavy (non-hydrogen) atoms. The molecule has 2 aliphatic rings. The number of rotatable bonds is 25. The summed E-state index contributed by atoms with van der Waals surface area (Å²) in [6.07, 6.45) is 22.2. The van der Waals surface area contributed by atoms with Gasteiger partial charge < -0.3 is 0 Å². The van der Waals surface area contributed by atoms with E-state index in [2.05, 4.69) is 135 Å². The summed E-state index contributed by atoms with van der Waals surface area (Å²) in [5.74, 6) is 3.65. The molecule has 6 rings (SSSR count). The van der Waals surface area contributed by atoms with Crippen LogP contribution in [-0.4, -0.2) is 34.5 Å². The van der Waals surface area contributed by atoms with Gasteiger partial charge in [-0.1, -0.05) is 91.2 Å². The maximum Gasteiger partial charge on any atom is 0.122 e. The van der Waals surface area contributed by atoms with Crippen LogP contribution in [0.1, 0.15) is 163 Å². The summed E-state index contributed by atoms with van der Waals surface area (Å²) in [7, 11) is -3.34. The topological polar surface area (TPSA) is 0 Å². The van der Waals surface area contributed by atoms with Gasteiger partial charge in [-0.25, -0.2) is 0 Å². The second-order valence-corrected chi connectivity index (χ2v) is 47.8. The summed E-state index contributed by atoms with van der Waals surface area (Å²) in [4.78, 5) is 16.2. The van der Waals surface area contributed by atoms with E-state index in [4.69, 9.17) is 0 Å². The third kappa shape index (κ3) is 11.5. The first-order valence-electron chi connectivity index (χ1n) is 24.8. The Hall–Kier alpha value is 0.0325. The minimum atomic E-state index is -2.09. The Morgan fingerprint density at radius 2 is 0.831 bits per heavy atom. The molecule has 4 unspecified atom stereocenters. The monoisotopic (exact) mass is 1010 g/mol. The van der Waals surface area contributed by atoms with Crippen LogP contribution < -0.4 is 23.6 Å². The van der Waals surface area contributed by atoms with Crippen LogP contribution in [-0.2, 0) is 0 Å². The Bertz CT molecular complexity index is 1760. The Morgan fingerprint density at radius 1 is 0.475 bits per heavy atom. The maximum atomic E-state index is 2.81. The predicted molar refractivity (Wildman–Crippen MR) is 285 cm³/mol. The fourth-order valence-electron chi connectivity index (χ4n) is 11.1. The van der Waals surface area contributed by atoms with Gasteiger partial charge in [-0.15, -0.1) is 22.7 Å². The van der Waals surface area contributed by atoms with Crippen molar-refractivity contribution in [1.29, 1.82) is 0 Å². The van der Waals surface area contributed by atoms with Crippen LogP contribution in [0.4, 0.5) is 0 Å². The van der Waals surface area contributed by atoms with E-state index >= 15 is 0 Å². The van der Waals surface area contributed by atoms with Crippen molar-refractivity contribution in [3.8, 4) is 19.5 Å². The van der Waals surface area contributed by atoms with Crippen molar-refractivity contribution in [2.75, 3.05) is 0 Å². The summed E-state index contributed by atoms with van der Waals surface area (Å²) in [5, 5.41) is 12.2. The maximum absolute atomic E-state index is 2.81. The molecule has 4 aromatic heterocycles. The summed E-state index contributed by atoms with van der Waals surface area (Å²) in [5.41, 5.74) is 0. The molecule has 0 fully saturated rings. The molecule has 0 bridgehead atoms. The van der Waals surface area contributed by atoms with Gasteiger partial charge in [-0.2, -0.15) is 0 Å². The third-order valence-corrected chi connectivity index (χ3v) is 40.2. The van der Waals surface area contributed by atoms with Crippen molar-refractivity contribution in [2.24, 2.45) is 23.7 Å². The zero-order valence-corrected chi connectivity index (χ0v) is 48.2. The second-order valence-electron chi connectivity index (χ2n) is 20.2. The van der Waals surface area contributed by atoms with Crippen molar-refractivity contribution in [1.82, 2.24) is 0 Å². The molecule has 0 spiro atoms. The molecule has 2 aliphatic heterocycles. The molecule has 7 heteroatoms. The zero-order chi connectivity index (χ0) is 42.8. The molecule has 4 aromatic rings. The first-order valence-corrected chi connectivity index (χ1v) is 43.0. The zero-order valence-electron chi connectivity index (χ0n) is 40.0. The van der Waals surface area contributed by atoms with E-state index < -0.39 is 34.5 Å². The van der Waals surface area contributed by atoms with Gasteiger partial charge in [0.1, 0.15) is 8.07 Å². The van der Waals surface area contributed by atoms with E-state index in [9.17, 15) is 0 Å². The van der Waals surface area contributed by atoms with E-state index in [1.54, 1.807) is 24.4 Å². The molecule has 0 saturated carbocycles. The largest absolute Gasteiger partial charge is 0.143 e. The third-order valence-electron chi connectivity index (χ3n) is 14.9. The van der Waals surface area contributed by atoms with Crippen LogP contribution in [0.3, 0.4) is 0 Å². The number of aryl methyl sites for hydroxylation is 1. The predicted octanol–water partition coefficient (Wildman–Crippen LogP) is 16.4. The van der Waals surface area contributed by atoms with E-state index in [1.165, 1.54) is 127 Å². The normalized spacial score (nSPS) is 18.4. The van der Waals surface area contributed by atoms with Crippen LogP contribution >= 0.6 is 45.3 Å². The number of fused-ring (bicyclic) bond motifs is 6. The average molecular weight is 1010 g/mol. The quantitative estimate of drug-likeness (QED) is 0.0581. The molecule has 4 atom stereocenters. The summed E-state index contributed by atoms with van der Waals surface area (Å²) in [6.45, 7) is 21.6. The van der Waals surface area contributed by atoms with Crippen molar-refractivity contribution >= 4 is 104 Å². The van der Waals surface area contributed by atoms with Crippen molar-refractivity contribution in [2.45, 2.75) is 204 Å². The second kappa shape index (κ2) is 23.3. The van der Waals surface area contributed by atoms with Gasteiger partial charge in [0.2, 0.25) is 0 Å². The van der Waals surface area contributed by atoms with Crippen LogP contribution in [0, 0.1) is 30.6 Å². The van der Waals surface area contributed by atoms with Crippen molar-refractivity contribution < 1.29 is 0 Å². The molecule has 0 radical (unpaired) electrons. The Morgan fingerprint density at radius 3 is 1.19 bits per heavy atom. The fourth-order valence-corrected chi connectivity index (χ4v) is 37.0. The smallest absolute Gasteiger partial charge is 0.122 e. The Labute approximate surface area is 387 Å². The minimum absolute atomic E-state index is 0.908. The molecular formula is C52H86S4Si2Sn. The molecule has 0 saturated heterocycles. The van der Waals surface area contributed by atoms with Crippen LogP contribution in [0.5, 0.6) is 0 Å². The Balaban J connectivity index is 0.000000227. The average Bonchev–Trinajstić information content (AvgIpc) is 4.08. The van der Waals surface area contributed by atoms with Gasteiger partial charge in [-0.3, -0.25) is 0 Å². The molecule has 330 valence electrons. The molecule has 0 N–H and O–H groups in total. The van der Waals surface area contributed by atoms with Crippen molar-refractivity contribution in [3.63, 3.8) is 0 Å². The van der Waals surface area contributed by atoms with E-state index in [0.717, 1.165) is 23.7 Å². The van der Waals surface area contributed by atoms with Gasteiger partial charge in [0, 0.05) is 9.75 Å². The summed E-state index contributed by atoms with van der Waals surface area (Å²) < 4.78 is 1.82. The standard InChI is InChI=1S/C25H39S2Si.C24H38S2Si.3CH3.Sn/c1-6-10-12-20(8-3)17-28(18-21(9-4)13-11-7-2)22-14-15-26-24(22)25-23(28)16-19(5)27-25;1-5-9-11-19(7-3)17-27(18-20(8-4)12-10-6-2)21-13-15-25-23(21)24-22(27)14-16-26-24;;;;/h14,16,20-21H,6-13,17-18H2,1-5H3;13-16,19-20H,5-12,17-18H2,1-4H3;3*1H3;. The van der Waals surface area contributed by atoms with E-state index in [1.807, 2.05) is 46.3 Å². The summed E-state index contributed by atoms with van der Waals surface area (Å²) in [6, 6.07) is 16.6. The molecule has 0 nitrogen and oxygen atoms in total. The SMILES string of the molecule is CCCCC(CC)C[Si]1(CC(CC)CCCC)c2cc(C)sc2-c2s[c]([Sn]([CH3])([CH3])[CH3])cc21.CCCCC(CC)C[Si]1(CC(CC)CCCC)c2ccsc2-c2sccc21. The molecule has 0 amide bonds. The van der Waals surface area contributed by atoms with Gasteiger partial charge in [0.15, 0.2) is 0 Å². The minimum Gasteiger partial charge on any atom is -0.143 e. The first-order chi connectivity index (χ1) is 28.4. The van der Waals surface area contributed by atoms with Gasteiger partial charge in [-0.05, 0) is 45.1 Å². The van der Waals surface area contributed by atoms with Gasteiger partial charge in [0.05, 0.1) is 0 Å².